The third kappa shape index (κ3) is 5.41. The Morgan fingerprint density at radius 3 is 2.28 bits per heavy atom. The van der Waals surface area contributed by atoms with Crippen LogP contribution in [0.2, 0.25) is 0 Å². The van der Waals surface area contributed by atoms with Gasteiger partial charge in [0.15, 0.2) is 0 Å². The average molecular weight is 354 g/mol. The molecule has 1 saturated heterocycles. The molecular weight excluding hydrogens is 330 g/mol. The summed E-state index contributed by atoms with van der Waals surface area (Å²) in [5.41, 5.74) is -1.06. The maximum Gasteiger partial charge on any atom is 0.407 e. The number of likely N-dealkylation sites (tertiary alicyclic amines) is 1. The highest BCUT2D eigenvalue weighted by Crippen LogP contribution is 2.21. The Labute approximate surface area is 146 Å². The summed E-state index contributed by atoms with van der Waals surface area (Å²) >= 11 is 0. The van der Waals surface area contributed by atoms with Crippen molar-refractivity contribution in [2.45, 2.75) is 39.2 Å². The number of piperidine rings is 1. The number of hydrogen-bond donors (Lipinski definition) is 1. The van der Waals surface area contributed by atoms with Gasteiger partial charge in [-0.25, -0.2) is 13.6 Å². The number of rotatable bonds is 3. The molecule has 5 nitrogen and oxygen atoms in total. The number of halogens is 2. The van der Waals surface area contributed by atoms with Crippen LogP contribution >= 0.6 is 0 Å². The molecule has 138 valence electrons. The molecular formula is C18H24F2N2O3. The predicted molar refractivity (Wildman–Crippen MR) is 89.2 cm³/mol. The normalized spacial score (nSPS) is 15.8. The van der Waals surface area contributed by atoms with Crippen LogP contribution in [-0.4, -0.2) is 42.1 Å². The second kappa shape index (κ2) is 7.80. The summed E-state index contributed by atoms with van der Waals surface area (Å²) in [6, 6.07) is 3.39. The van der Waals surface area contributed by atoms with Crippen molar-refractivity contribution >= 4 is 12.0 Å². The molecule has 0 aliphatic carbocycles. The molecule has 0 aromatic heterocycles. The molecule has 1 aromatic carbocycles. The number of nitrogens with one attached hydrogen (secondary N) is 1. The molecule has 1 N–H and O–H groups in total. The lowest BCUT2D eigenvalue weighted by molar-refractivity contribution is 0.0499. The highest BCUT2D eigenvalue weighted by atomic mass is 19.1. The van der Waals surface area contributed by atoms with Crippen LogP contribution in [0.25, 0.3) is 0 Å². The fraction of sp³-hybridized carbons (Fsp3) is 0.556. The van der Waals surface area contributed by atoms with Gasteiger partial charge in [0.2, 0.25) is 0 Å². The second-order valence-electron chi connectivity index (χ2n) is 7.22. The standard InChI is InChI=1S/C18H24F2N2O3/c1-18(2,3)25-17(24)21-11-12-7-9-22(10-8-12)16(23)15-13(19)5-4-6-14(15)20/h4-6,12H,7-11H2,1-3H3,(H,21,24). The smallest absolute Gasteiger partial charge is 0.407 e. The fourth-order valence-corrected chi connectivity index (χ4v) is 2.74. The van der Waals surface area contributed by atoms with E-state index in [1.807, 2.05) is 0 Å². The van der Waals surface area contributed by atoms with Crippen LogP contribution in [0.3, 0.4) is 0 Å². The van der Waals surface area contributed by atoms with Gasteiger partial charge in [-0.3, -0.25) is 4.79 Å². The van der Waals surface area contributed by atoms with E-state index in [1.54, 1.807) is 20.8 Å². The van der Waals surface area contributed by atoms with Crippen LogP contribution < -0.4 is 5.32 Å². The van der Waals surface area contributed by atoms with Gasteiger partial charge in [0.25, 0.3) is 5.91 Å². The first-order chi connectivity index (χ1) is 11.7. The van der Waals surface area contributed by atoms with Crippen molar-refractivity contribution in [3.63, 3.8) is 0 Å². The summed E-state index contributed by atoms with van der Waals surface area (Å²) < 4.78 is 32.6. The maximum atomic E-state index is 13.7. The van der Waals surface area contributed by atoms with E-state index in [-0.39, 0.29) is 5.92 Å². The molecule has 0 atom stereocenters. The Morgan fingerprint density at radius 1 is 1.20 bits per heavy atom. The van der Waals surface area contributed by atoms with Crippen molar-refractivity contribution in [3.8, 4) is 0 Å². The van der Waals surface area contributed by atoms with Crippen molar-refractivity contribution < 1.29 is 23.1 Å². The average Bonchev–Trinajstić information content (AvgIpc) is 2.51. The highest BCUT2D eigenvalue weighted by molar-refractivity contribution is 5.94. The molecule has 2 amide bonds. The molecule has 1 aliphatic heterocycles. The number of benzene rings is 1. The summed E-state index contributed by atoms with van der Waals surface area (Å²) in [5.74, 6) is -2.13. The predicted octanol–water partition coefficient (Wildman–Crippen LogP) is 3.34. The summed E-state index contributed by atoms with van der Waals surface area (Å²) in [6.45, 7) is 6.61. The van der Waals surface area contributed by atoms with E-state index in [1.165, 1.54) is 11.0 Å². The highest BCUT2D eigenvalue weighted by Gasteiger charge is 2.27. The third-order valence-corrected chi connectivity index (χ3v) is 4.01. The minimum Gasteiger partial charge on any atom is -0.444 e. The molecule has 1 fully saturated rings. The molecule has 25 heavy (non-hydrogen) atoms. The van der Waals surface area contributed by atoms with Crippen molar-refractivity contribution in [2.75, 3.05) is 19.6 Å². The lowest BCUT2D eigenvalue weighted by Gasteiger charge is -2.32. The van der Waals surface area contributed by atoms with Gasteiger partial charge in [0.1, 0.15) is 22.8 Å². The number of amides is 2. The topological polar surface area (TPSA) is 58.6 Å². The van der Waals surface area contributed by atoms with Crippen molar-refractivity contribution in [2.24, 2.45) is 5.92 Å². The Kier molecular flexibility index (Phi) is 5.98. The Bertz CT molecular complexity index is 615. The van der Waals surface area contributed by atoms with E-state index >= 15 is 0 Å². The van der Waals surface area contributed by atoms with Crippen LogP contribution in [0.4, 0.5) is 13.6 Å². The van der Waals surface area contributed by atoms with E-state index in [0.717, 1.165) is 12.1 Å². The first-order valence-electron chi connectivity index (χ1n) is 8.37. The van der Waals surface area contributed by atoms with Gasteiger partial charge in [-0.15, -0.1) is 0 Å². The molecule has 0 saturated carbocycles. The van der Waals surface area contributed by atoms with E-state index in [9.17, 15) is 18.4 Å². The monoisotopic (exact) mass is 354 g/mol. The van der Waals surface area contributed by atoms with Crippen molar-refractivity contribution in [1.29, 1.82) is 0 Å². The summed E-state index contributed by atoms with van der Waals surface area (Å²) in [6.07, 6.45) is 0.828. The number of hydrogen-bond acceptors (Lipinski definition) is 3. The zero-order chi connectivity index (χ0) is 18.6. The number of ether oxygens (including phenoxy) is 1. The largest absolute Gasteiger partial charge is 0.444 e. The molecule has 0 radical (unpaired) electrons. The minimum atomic E-state index is -0.848. The molecule has 1 aromatic rings. The molecule has 2 rings (SSSR count). The lowest BCUT2D eigenvalue weighted by atomic mass is 9.96. The molecule has 0 unspecified atom stereocenters. The van der Waals surface area contributed by atoms with Gasteiger partial charge < -0.3 is 15.0 Å². The zero-order valence-electron chi connectivity index (χ0n) is 14.8. The summed E-state index contributed by atoms with van der Waals surface area (Å²) in [4.78, 5) is 25.4. The van der Waals surface area contributed by atoms with Crippen LogP contribution in [0.15, 0.2) is 18.2 Å². The first kappa shape index (κ1) is 19.1. The second-order valence-corrected chi connectivity index (χ2v) is 7.22. The van der Waals surface area contributed by atoms with Gasteiger partial charge in [0.05, 0.1) is 0 Å². The van der Waals surface area contributed by atoms with Crippen molar-refractivity contribution in [1.82, 2.24) is 10.2 Å². The molecule has 7 heteroatoms. The minimum absolute atomic E-state index is 0.196. The first-order valence-corrected chi connectivity index (χ1v) is 8.37. The number of nitrogens with zero attached hydrogens (tertiary/aromatic N) is 1. The quantitative estimate of drug-likeness (QED) is 0.906. The van der Waals surface area contributed by atoms with Gasteiger partial charge in [-0.1, -0.05) is 6.07 Å². The van der Waals surface area contributed by atoms with Crippen LogP contribution in [0, 0.1) is 17.6 Å². The SMILES string of the molecule is CC(C)(C)OC(=O)NCC1CCN(C(=O)c2c(F)cccc2F)CC1. The summed E-state index contributed by atoms with van der Waals surface area (Å²) in [5, 5.41) is 2.72. The lowest BCUT2D eigenvalue weighted by Crippen LogP contribution is -2.42. The third-order valence-electron chi connectivity index (χ3n) is 4.01. The fourth-order valence-electron chi connectivity index (χ4n) is 2.74. The Balaban J connectivity index is 1.83. The van der Waals surface area contributed by atoms with E-state index in [4.69, 9.17) is 4.74 Å². The number of carbonyl (C=O) groups excluding carboxylic acids is 2. The Hall–Kier alpha value is -2.18. The van der Waals surface area contributed by atoms with Gasteiger partial charge >= 0.3 is 6.09 Å². The van der Waals surface area contributed by atoms with E-state index in [0.29, 0.717) is 32.5 Å². The van der Waals surface area contributed by atoms with Crippen LogP contribution in [0.5, 0.6) is 0 Å². The van der Waals surface area contributed by atoms with Crippen LogP contribution in [0.1, 0.15) is 44.0 Å². The molecule has 0 spiro atoms. The van der Waals surface area contributed by atoms with Crippen molar-refractivity contribution in [3.05, 3.63) is 35.4 Å². The van der Waals surface area contributed by atoms with E-state index < -0.39 is 34.8 Å². The van der Waals surface area contributed by atoms with Gasteiger partial charge in [-0.05, 0) is 51.7 Å². The molecule has 1 aliphatic rings. The van der Waals surface area contributed by atoms with E-state index in [2.05, 4.69) is 5.32 Å². The van der Waals surface area contributed by atoms with Gasteiger partial charge in [0, 0.05) is 19.6 Å². The Morgan fingerprint density at radius 2 is 1.76 bits per heavy atom. The van der Waals surface area contributed by atoms with Gasteiger partial charge in [-0.2, -0.15) is 0 Å². The molecule has 1 heterocycles. The zero-order valence-corrected chi connectivity index (χ0v) is 14.8. The van der Waals surface area contributed by atoms with Crippen LogP contribution in [-0.2, 0) is 4.74 Å². The summed E-state index contributed by atoms with van der Waals surface area (Å²) in [7, 11) is 0. The number of carbonyl (C=O) groups is 2. The maximum absolute atomic E-state index is 13.7. The molecule has 0 bridgehead atoms. The number of alkyl carbamates (subject to hydrolysis) is 1.